The van der Waals surface area contributed by atoms with Crippen molar-refractivity contribution < 1.29 is 9.53 Å². The summed E-state index contributed by atoms with van der Waals surface area (Å²) in [5, 5.41) is 0. The average molecular weight is 152 g/mol. The fourth-order valence-electron chi connectivity index (χ4n) is 2.30. The van der Waals surface area contributed by atoms with Crippen LogP contribution in [-0.2, 0) is 9.53 Å². The van der Waals surface area contributed by atoms with Crippen LogP contribution in [0.4, 0.5) is 0 Å². The normalized spacial score (nSPS) is 47.6. The Hall–Kier alpha value is -0.630. The molecule has 1 saturated carbocycles. The highest BCUT2D eigenvalue weighted by atomic mass is 16.5. The zero-order chi connectivity index (χ0) is 7.90. The largest absolute Gasteiger partial charge is 0.370 e. The van der Waals surface area contributed by atoms with Gasteiger partial charge in [0.25, 0.3) is 0 Å². The summed E-state index contributed by atoms with van der Waals surface area (Å²) in [5.41, 5.74) is -0.262. The van der Waals surface area contributed by atoms with Crippen LogP contribution in [-0.4, -0.2) is 18.5 Å². The van der Waals surface area contributed by atoms with E-state index in [-0.39, 0.29) is 11.5 Å². The van der Waals surface area contributed by atoms with Gasteiger partial charge in [-0.1, -0.05) is 6.08 Å². The number of rotatable bonds is 2. The molecule has 1 aliphatic heterocycles. The van der Waals surface area contributed by atoms with Crippen molar-refractivity contribution in [2.45, 2.75) is 18.4 Å². The molecular formula is C9H12O2. The molecule has 2 heteroatoms. The maximum Gasteiger partial charge on any atom is 0.126 e. The SMILES string of the molecule is C=CC12OCCC1CC2C=O. The number of aldehydes is 1. The first-order valence-corrected chi connectivity index (χ1v) is 4.06. The molecule has 0 amide bonds. The number of fused-ring (bicyclic) bond motifs is 1. The van der Waals surface area contributed by atoms with Crippen LogP contribution in [0.2, 0.25) is 0 Å². The zero-order valence-electron chi connectivity index (χ0n) is 6.45. The van der Waals surface area contributed by atoms with E-state index < -0.39 is 0 Å². The lowest BCUT2D eigenvalue weighted by atomic mass is 9.62. The van der Waals surface area contributed by atoms with E-state index in [1.165, 1.54) is 0 Å². The molecule has 0 aromatic heterocycles. The van der Waals surface area contributed by atoms with E-state index in [9.17, 15) is 4.79 Å². The molecule has 2 rings (SSSR count). The summed E-state index contributed by atoms with van der Waals surface area (Å²) in [6.45, 7) is 4.52. The second kappa shape index (κ2) is 2.18. The zero-order valence-corrected chi connectivity index (χ0v) is 6.45. The molecule has 1 aliphatic carbocycles. The third-order valence-electron chi connectivity index (χ3n) is 3.06. The van der Waals surface area contributed by atoms with Crippen molar-refractivity contribution in [3.05, 3.63) is 12.7 Å². The van der Waals surface area contributed by atoms with Crippen LogP contribution in [0.5, 0.6) is 0 Å². The predicted molar refractivity (Wildman–Crippen MR) is 41.2 cm³/mol. The van der Waals surface area contributed by atoms with Crippen LogP contribution in [0.25, 0.3) is 0 Å². The van der Waals surface area contributed by atoms with E-state index in [1.807, 2.05) is 6.08 Å². The average Bonchev–Trinajstić information content (AvgIpc) is 2.31. The highest BCUT2D eigenvalue weighted by molar-refractivity contribution is 5.60. The molecule has 1 saturated heterocycles. The second-order valence-corrected chi connectivity index (χ2v) is 3.37. The fraction of sp³-hybridized carbons (Fsp3) is 0.667. The topological polar surface area (TPSA) is 26.3 Å². The molecule has 2 fully saturated rings. The molecule has 0 bridgehead atoms. The summed E-state index contributed by atoms with van der Waals surface area (Å²) in [6, 6.07) is 0. The van der Waals surface area contributed by atoms with Crippen LogP contribution in [0.1, 0.15) is 12.8 Å². The summed E-state index contributed by atoms with van der Waals surface area (Å²) in [5.74, 6) is 0.641. The number of ether oxygens (including phenoxy) is 1. The highest BCUT2D eigenvalue weighted by Gasteiger charge is 2.56. The van der Waals surface area contributed by atoms with Gasteiger partial charge in [-0.2, -0.15) is 0 Å². The Morgan fingerprint density at radius 2 is 2.45 bits per heavy atom. The summed E-state index contributed by atoms with van der Waals surface area (Å²) in [6.07, 6.45) is 4.91. The Bertz CT molecular complexity index is 200. The first-order chi connectivity index (χ1) is 5.33. The molecular weight excluding hydrogens is 140 g/mol. The van der Waals surface area contributed by atoms with Crippen molar-refractivity contribution in [3.8, 4) is 0 Å². The van der Waals surface area contributed by atoms with E-state index in [0.29, 0.717) is 5.92 Å². The van der Waals surface area contributed by atoms with Gasteiger partial charge in [-0.3, -0.25) is 0 Å². The van der Waals surface area contributed by atoms with Gasteiger partial charge in [-0.05, 0) is 18.8 Å². The van der Waals surface area contributed by atoms with Gasteiger partial charge in [0.1, 0.15) is 6.29 Å². The monoisotopic (exact) mass is 152 g/mol. The van der Waals surface area contributed by atoms with Gasteiger partial charge in [0.2, 0.25) is 0 Å². The standard InChI is InChI=1S/C9H12O2/c1-2-9-7(3-4-11-9)5-8(9)6-10/h2,6-8H,1,3-5H2. The molecule has 60 valence electrons. The molecule has 0 spiro atoms. The number of hydrogen-bond donors (Lipinski definition) is 0. The molecule has 2 nitrogen and oxygen atoms in total. The first-order valence-electron chi connectivity index (χ1n) is 4.06. The molecule has 0 radical (unpaired) electrons. The van der Waals surface area contributed by atoms with Gasteiger partial charge in [-0.25, -0.2) is 0 Å². The number of hydrogen-bond acceptors (Lipinski definition) is 2. The molecule has 0 aromatic rings. The minimum absolute atomic E-state index is 0.0764. The van der Waals surface area contributed by atoms with E-state index in [0.717, 1.165) is 25.7 Å². The minimum atomic E-state index is -0.262. The fourth-order valence-corrected chi connectivity index (χ4v) is 2.30. The lowest BCUT2D eigenvalue weighted by Gasteiger charge is -2.46. The Morgan fingerprint density at radius 1 is 1.64 bits per heavy atom. The van der Waals surface area contributed by atoms with Crippen LogP contribution >= 0.6 is 0 Å². The van der Waals surface area contributed by atoms with E-state index >= 15 is 0 Å². The second-order valence-electron chi connectivity index (χ2n) is 3.37. The van der Waals surface area contributed by atoms with Gasteiger partial charge in [0.15, 0.2) is 0 Å². The van der Waals surface area contributed by atoms with Crippen molar-refractivity contribution in [2.24, 2.45) is 11.8 Å². The molecule has 0 aromatic carbocycles. The molecule has 0 N–H and O–H groups in total. The lowest BCUT2D eigenvalue weighted by Crippen LogP contribution is -2.52. The maximum atomic E-state index is 10.6. The highest BCUT2D eigenvalue weighted by Crippen LogP contribution is 2.52. The Morgan fingerprint density at radius 3 is 3.00 bits per heavy atom. The molecule has 11 heavy (non-hydrogen) atoms. The van der Waals surface area contributed by atoms with Crippen molar-refractivity contribution >= 4 is 6.29 Å². The van der Waals surface area contributed by atoms with E-state index in [4.69, 9.17) is 4.74 Å². The minimum Gasteiger partial charge on any atom is -0.370 e. The molecule has 1 heterocycles. The summed E-state index contributed by atoms with van der Waals surface area (Å²) in [7, 11) is 0. The summed E-state index contributed by atoms with van der Waals surface area (Å²) < 4.78 is 5.54. The molecule has 3 unspecified atom stereocenters. The van der Waals surface area contributed by atoms with Crippen molar-refractivity contribution in [3.63, 3.8) is 0 Å². The third-order valence-corrected chi connectivity index (χ3v) is 3.06. The van der Waals surface area contributed by atoms with Crippen LogP contribution < -0.4 is 0 Å². The van der Waals surface area contributed by atoms with E-state index in [2.05, 4.69) is 6.58 Å². The van der Waals surface area contributed by atoms with Gasteiger partial charge in [0.05, 0.1) is 5.60 Å². The maximum absolute atomic E-state index is 10.6. The summed E-state index contributed by atoms with van der Waals surface area (Å²) in [4.78, 5) is 10.6. The van der Waals surface area contributed by atoms with Crippen LogP contribution in [0, 0.1) is 11.8 Å². The van der Waals surface area contributed by atoms with Crippen molar-refractivity contribution in [1.29, 1.82) is 0 Å². The summed E-state index contributed by atoms with van der Waals surface area (Å²) >= 11 is 0. The van der Waals surface area contributed by atoms with Gasteiger partial charge < -0.3 is 9.53 Å². The van der Waals surface area contributed by atoms with Crippen LogP contribution in [0.15, 0.2) is 12.7 Å². The van der Waals surface area contributed by atoms with Gasteiger partial charge >= 0.3 is 0 Å². The molecule has 3 atom stereocenters. The lowest BCUT2D eigenvalue weighted by molar-refractivity contribution is -0.135. The van der Waals surface area contributed by atoms with Crippen molar-refractivity contribution in [2.75, 3.05) is 6.61 Å². The number of carbonyl (C=O) groups is 1. The van der Waals surface area contributed by atoms with E-state index in [1.54, 1.807) is 0 Å². The molecule has 2 aliphatic rings. The smallest absolute Gasteiger partial charge is 0.126 e. The van der Waals surface area contributed by atoms with Gasteiger partial charge in [-0.15, -0.1) is 6.58 Å². The Balaban J connectivity index is 2.22. The Labute approximate surface area is 66.2 Å². The van der Waals surface area contributed by atoms with Crippen molar-refractivity contribution in [1.82, 2.24) is 0 Å². The predicted octanol–water partition coefficient (Wildman–Crippen LogP) is 1.17. The first kappa shape index (κ1) is 7.04. The number of carbonyl (C=O) groups excluding carboxylic acids is 1. The quantitative estimate of drug-likeness (QED) is 0.438. The van der Waals surface area contributed by atoms with Gasteiger partial charge in [0, 0.05) is 12.5 Å². The van der Waals surface area contributed by atoms with Crippen LogP contribution in [0.3, 0.4) is 0 Å². The third kappa shape index (κ3) is 0.679. The Kier molecular flexibility index (Phi) is 1.39.